The van der Waals surface area contributed by atoms with E-state index < -0.39 is 0 Å². The maximum atomic E-state index is 12.2. The summed E-state index contributed by atoms with van der Waals surface area (Å²) in [7, 11) is 0. The average Bonchev–Trinajstić information content (AvgIpc) is 2.39. The van der Waals surface area contributed by atoms with Crippen LogP contribution < -0.4 is 0 Å². The minimum absolute atomic E-state index is 0.0210. The molecular formula is C13H16Cl2N2O. The van der Waals surface area contributed by atoms with Crippen molar-refractivity contribution in [1.29, 1.82) is 0 Å². The van der Waals surface area contributed by atoms with Crippen LogP contribution in [0.5, 0.6) is 0 Å². The van der Waals surface area contributed by atoms with E-state index in [2.05, 4.69) is 4.98 Å². The average molecular weight is 287 g/mol. The third-order valence-electron chi connectivity index (χ3n) is 3.42. The van der Waals surface area contributed by atoms with Crippen LogP contribution in [0.25, 0.3) is 0 Å². The quantitative estimate of drug-likeness (QED) is 0.782. The number of piperidine rings is 1. The Morgan fingerprint density at radius 3 is 2.61 bits per heavy atom. The Hall–Kier alpha value is -0.800. The van der Waals surface area contributed by atoms with E-state index in [9.17, 15) is 4.79 Å². The minimum atomic E-state index is -0.0210. The van der Waals surface area contributed by atoms with Crippen molar-refractivity contribution in [2.75, 3.05) is 13.1 Å². The predicted molar refractivity (Wildman–Crippen MR) is 73.2 cm³/mol. The molecule has 0 aliphatic carbocycles. The molecule has 2 heterocycles. The number of halogens is 2. The highest BCUT2D eigenvalue weighted by Gasteiger charge is 2.26. The highest BCUT2D eigenvalue weighted by Crippen LogP contribution is 2.24. The standard InChI is InChI=1S/C13H16Cl2N2O/c1-9(14)10-4-6-17(7-5-10)13(18)12-3-2-11(15)8-16-12/h2-3,8-10H,4-7H2,1H3. The summed E-state index contributed by atoms with van der Waals surface area (Å²) in [6.07, 6.45) is 3.43. The molecule has 1 fully saturated rings. The van der Waals surface area contributed by atoms with Gasteiger partial charge in [0.1, 0.15) is 5.69 Å². The highest BCUT2D eigenvalue weighted by atomic mass is 35.5. The summed E-state index contributed by atoms with van der Waals surface area (Å²) in [6, 6.07) is 3.36. The zero-order valence-corrected chi connectivity index (χ0v) is 11.8. The summed E-state index contributed by atoms with van der Waals surface area (Å²) in [5, 5.41) is 0.720. The van der Waals surface area contributed by atoms with Crippen molar-refractivity contribution >= 4 is 29.1 Å². The van der Waals surface area contributed by atoms with E-state index in [0.717, 1.165) is 25.9 Å². The minimum Gasteiger partial charge on any atom is -0.337 e. The lowest BCUT2D eigenvalue weighted by Gasteiger charge is -2.32. The Kier molecular flexibility index (Phi) is 4.46. The zero-order valence-electron chi connectivity index (χ0n) is 10.3. The van der Waals surface area contributed by atoms with Gasteiger partial charge in [-0.1, -0.05) is 11.6 Å². The van der Waals surface area contributed by atoms with Crippen LogP contribution in [0.3, 0.4) is 0 Å². The number of nitrogens with zero attached hydrogens (tertiary/aromatic N) is 2. The second-order valence-corrected chi connectivity index (χ2v) is 5.79. The van der Waals surface area contributed by atoms with Gasteiger partial charge in [-0.3, -0.25) is 4.79 Å². The van der Waals surface area contributed by atoms with E-state index in [4.69, 9.17) is 23.2 Å². The normalized spacial score (nSPS) is 18.7. The number of carbonyl (C=O) groups is 1. The molecule has 1 aliphatic rings. The molecule has 0 radical (unpaired) electrons. The van der Waals surface area contributed by atoms with Crippen LogP contribution in [0.2, 0.25) is 5.02 Å². The molecular weight excluding hydrogens is 271 g/mol. The van der Waals surface area contributed by atoms with Crippen molar-refractivity contribution in [2.45, 2.75) is 25.1 Å². The molecule has 5 heteroatoms. The highest BCUT2D eigenvalue weighted by molar-refractivity contribution is 6.30. The first-order chi connectivity index (χ1) is 8.58. The monoisotopic (exact) mass is 286 g/mol. The molecule has 1 amide bonds. The van der Waals surface area contributed by atoms with Gasteiger partial charge in [-0.15, -0.1) is 11.6 Å². The van der Waals surface area contributed by atoms with Crippen molar-refractivity contribution in [3.8, 4) is 0 Å². The molecule has 0 saturated carbocycles. The van der Waals surface area contributed by atoms with Crippen molar-refractivity contribution in [2.24, 2.45) is 5.92 Å². The van der Waals surface area contributed by atoms with Gasteiger partial charge in [0.2, 0.25) is 0 Å². The van der Waals surface area contributed by atoms with Gasteiger partial charge >= 0.3 is 0 Å². The number of hydrogen-bond donors (Lipinski definition) is 0. The molecule has 18 heavy (non-hydrogen) atoms. The zero-order chi connectivity index (χ0) is 13.1. The molecule has 3 nitrogen and oxygen atoms in total. The van der Waals surface area contributed by atoms with Gasteiger partial charge in [-0.2, -0.15) is 0 Å². The fourth-order valence-electron chi connectivity index (χ4n) is 2.23. The molecule has 0 bridgehead atoms. The first-order valence-corrected chi connectivity index (χ1v) is 6.94. The fraction of sp³-hybridized carbons (Fsp3) is 0.538. The van der Waals surface area contributed by atoms with Crippen molar-refractivity contribution in [1.82, 2.24) is 9.88 Å². The van der Waals surface area contributed by atoms with Gasteiger partial charge in [0.05, 0.1) is 5.02 Å². The van der Waals surface area contributed by atoms with Crippen molar-refractivity contribution in [3.05, 3.63) is 29.0 Å². The number of alkyl halides is 1. The lowest BCUT2D eigenvalue weighted by Crippen LogP contribution is -2.40. The smallest absolute Gasteiger partial charge is 0.272 e. The first kappa shape index (κ1) is 13.6. The molecule has 1 saturated heterocycles. The van der Waals surface area contributed by atoms with E-state index in [-0.39, 0.29) is 11.3 Å². The Morgan fingerprint density at radius 1 is 1.44 bits per heavy atom. The van der Waals surface area contributed by atoms with E-state index in [1.807, 2.05) is 11.8 Å². The van der Waals surface area contributed by atoms with Crippen LogP contribution in [0.1, 0.15) is 30.3 Å². The molecule has 98 valence electrons. The van der Waals surface area contributed by atoms with E-state index in [1.165, 1.54) is 6.20 Å². The van der Waals surface area contributed by atoms with Crippen LogP contribution in [0, 0.1) is 5.92 Å². The molecule has 0 N–H and O–H groups in total. The molecule has 1 aromatic rings. The molecule has 1 aliphatic heterocycles. The molecule has 1 atom stereocenters. The Balaban J connectivity index is 1.97. The third-order valence-corrected chi connectivity index (χ3v) is 4.00. The molecule has 0 aromatic carbocycles. The maximum Gasteiger partial charge on any atom is 0.272 e. The Morgan fingerprint density at radius 2 is 2.11 bits per heavy atom. The van der Waals surface area contributed by atoms with Crippen LogP contribution in [-0.4, -0.2) is 34.3 Å². The van der Waals surface area contributed by atoms with E-state index in [0.29, 0.717) is 16.6 Å². The number of carbonyl (C=O) groups excluding carboxylic acids is 1. The topological polar surface area (TPSA) is 33.2 Å². The second-order valence-electron chi connectivity index (χ2n) is 4.67. The first-order valence-electron chi connectivity index (χ1n) is 6.13. The molecule has 0 spiro atoms. The van der Waals surface area contributed by atoms with E-state index >= 15 is 0 Å². The number of rotatable bonds is 2. The maximum absolute atomic E-state index is 12.2. The summed E-state index contributed by atoms with van der Waals surface area (Å²) >= 11 is 11.8. The molecule has 2 rings (SSSR count). The number of pyridine rings is 1. The van der Waals surface area contributed by atoms with Gasteiger partial charge in [0.25, 0.3) is 5.91 Å². The predicted octanol–water partition coefficient (Wildman–Crippen LogP) is 3.21. The number of hydrogen-bond acceptors (Lipinski definition) is 2. The lowest BCUT2D eigenvalue weighted by molar-refractivity contribution is 0.0684. The van der Waals surface area contributed by atoms with E-state index in [1.54, 1.807) is 12.1 Å². The van der Waals surface area contributed by atoms with Gasteiger partial charge in [-0.05, 0) is 37.8 Å². The van der Waals surface area contributed by atoms with Gasteiger partial charge < -0.3 is 4.90 Å². The SMILES string of the molecule is CC(Cl)C1CCN(C(=O)c2ccc(Cl)cn2)CC1. The summed E-state index contributed by atoms with van der Waals surface area (Å²) in [4.78, 5) is 18.1. The number of aromatic nitrogens is 1. The summed E-state index contributed by atoms with van der Waals surface area (Å²) in [5.41, 5.74) is 0.455. The van der Waals surface area contributed by atoms with Crippen molar-refractivity contribution < 1.29 is 4.79 Å². The summed E-state index contributed by atoms with van der Waals surface area (Å²) < 4.78 is 0. The number of amides is 1. The second kappa shape index (κ2) is 5.89. The van der Waals surface area contributed by atoms with Gasteiger partial charge in [0.15, 0.2) is 0 Å². The van der Waals surface area contributed by atoms with Crippen LogP contribution in [-0.2, 0) is 0 Å². The largest absolute Gasteiger partial charge is 0.337 e. The lowest BCUT2D eigenvalue weighted by atomic mass is 9.94. The molecule has 1 unspecified atom stereocenters. The van der Waals surface area contributed by atoms with Gasteiger partial charge in [0, 0.05) is 24.7 Å². The summed E-state index contributed by atoms with van der Waals surface area (Å²) in [5.74, 6) is 0.487. The van der Waals surface area contributed by atoms with Crippen LogP contribution in [0.15, 0.2) is 18.3 Å². The van der Waals surface area contributed by atoms with Crippen LogP contribution in [0.4, 0.5) is 0 Å². The fourth-order valence-corrected chi connectivity index (χ4v) is 2.59. The van der Waals surface area contributed by atoms with Crippen LogP contribution >= 0.6 is 23.2 Å². The Labute approximate surface area is 117 Å². The summed E-state index contributed by atoms with van der Waals surface area (Å²) in [6.45, 7) is 3.53. The Bertz CT molecular complexity index is 412. The van der Waals surface area contributed by atoms with Gasteiger partial charge in [-0.25, -0.2) is 4.98 Å². The van der Waals surface area contributed by atoms with Crippen molar-refractivity contribution in [3.63, 3.8) is 0 Å². The molecule has 1 aromatic heterocycles. The number of likely N-dealkylation sites (tertiary alicyclic amines) is 1. The third kappa shape index (κ3) is 3.15.